The second-order valence-corrected chi connectivity index (χ2v) is 6.07. The molecule has 0 spiro atoms. The van der Waals surface area contributed by atoms with E-state index in [1.807, 2.05) is 13.0 Å². The molecule has 146 valence electrons. The third-order valence-corrected chi connectivity index (χ3v) is 4.20. The molecule has 1 amide bonds. The van der Waals surface area contributed by atoms with Crippen LogP contribution in [0.2, 0.25) is 0 Å². The first-order chi connectivity index (χ1) is 13.5. The van der Waals surface area contributed by atoms with Crippen molar-refractivity contribution in [2.24, 2.45) is 7.05 Å². The van der Waals surface area contributed by atoms with E-state index in [1.54, 1.807) is 31.4 Å². The van der Waals surface area contributed by atoms with Crippen LogP contribution < -0.4 is 5.32 Å². The van der Waals surface area contributed by atoms with Crippen molar-refractivity contribution in [3.05, 3.63) is 53.4 Å². The quantitative estimate of drug-likeness (QED) is 0.619. The summed E-state index contributed by atoms with van der Waals surface area (Å²) in [6.45, 7) is 2.31. The van der Waals surface area contributed by atoms with Crippen LogP contribution in [0.1, 0.15) is 39.5 Å². The summed E-state index contributed by atoms with van der Waals surface area (Å²) in [6, 6.07) is 6.98. The van der Waals surface area contributed by atoms with Crippen LogP contribution in [0.4, 0.5) is 0 Å². The maximum atomic E-state index is 12.5. The smallest absolute Gasteiger partial charge is 0.356 e. The molecule has 2 heterocycles. The third-order valence-electron chi connectivity index (χ3n) is 4.20. The number of ether oxygens (including phenoxy) is 1. The predicted molar refractivity (Wildman–Crippen MR) is 99.7 cm³/mol. The van der Waals surface area contributed by atoms with Gasteiger partial charge in [0.1, 0.15) is 0 Å². The SMILES string of the molecule is CCc1noc(CCNC(=O)c2cccc(-c3cnn(C)c3C(=O)OC)c2)n1. The Morgan fingerprint density at radius 1 is 1.32 bits per heavy atom. The summed E-state index contributed by atoms with van der Waals surface area (Å²) in [6.07, 6.45) is 2.72. The number of hydrogen-bond donors (Lipinski definition) is 1. The van der Waals surface area contributed by atoms with Crippen molar-refractivity contribution in [3.63, 3.8) is 0 Å². The van der Waals surface area contributed by atoms with Crippen LogP contribution in [0, 0.1) is 0 Å². The van der Waals surface area contributed by atoms with Gasteiger partial charge in [-0.05, 0) is 17.7 Å². The van der Waals surface area contributed by atoms with Gasteiger partial charge in [-0.1, -0.05) is 24.2 Å². The Bertz CT molecular complexity index is 992. The summed E-state index contributed by atoms with van der Waals surface area (Å²) in [7, 11) is 2.98. The fraction of sp³-hybridized carbons (Fsp3) is 0.316. The highest BCUT2D eigenvalue weighted by Crippen LogP contribution is 2.24. The number of aryl methyl sites for hydroxylation is 2. The number of nitrogens with one attached hydrogen (secondary N) is 1. The molecule has 0 unspecified atom stereocenters. The lowest BCUT2D eigenvalue weighted by Crippen LogP contribution is -2.25. The van der Waals surface area contributed by atoms with Gasteiger partial charge in [0.25, 0.3) is 5.91 Å². The van der Waals surface area contributed by atoms with Gasteiger partial charge >= 0.3 is 5.97 Å². The lowest BCUT2D eigenvalue weighted by molar-refractivity contribution is 0.0589. The Morgan fingerprint density at radius 3 is 2.86 bits per heavy atom. The molecule has 0 fully saturated rings. The number of amides is 1. The zero-order valence-corrected chi connectivity index (χ0v) is 15.9. The van der Waals surface area contributed by atoms with E-state index in [2.05, 4.69) is 20.6 Å². The van der Waals surface area contributed by atoms with Gasteiger partial charge < -0.3 is 14.6 Å². The van der Waals surface area contributed by atoms with Crippen molar-refractivity contribution >= 4 is 11.9 Å². The molecular formula is C19H21N5O4. The second-order valence-electron chi connectivity index (χ2n) is 6.07. The first-order valence-corrected chi connectivity index (χ1v) is 8.83. The Kier molecular flexibility index (Phi) is 5.83. The highest BCUT2D eigenvalue weighted by molar-refractivity contribution is 5.98. The lowest BCUT2D eigenvalue weighted by atomic mass is 10.0. The minimum atomic E-state index is -0.490. The fourth-order valence-electron chi connectivity index (χ4n) is 2.74. The normalized spacial score (nSPS) is 10.7. The van der Waals surface area contributed by atoms with Crippen LogP contribution in [0.3, 0.4) is 0 Å². The first-order valence-electron chi connectivity index (χ1n) is 8.83. The molecule has 0 aliphatic carbocycles. The summed E-state index contributed by atoms with van der Waals surface area (Å²) in [5.74, 6) is 0.410. The molecule has 2 aromatic heterocycles. The van der Waals surface area contributed by atoms with Gasteiger partial charge in [0, 0.05) is 37.6 Å². The lowest BCUT2D eigenvalue weighted by Gasteiger charge is -2.07. The van der Waals surface area contributed by atoms with Gasteiger partial charge in [-0.25, -0.2) is 4.79 Å². The van der Waals surface area contributed by atoms with Crippen LogP contribution in [0.15, 0.2) is 35.0 Å². The number of nitrogens with zero attached hydrogens (tertiary/aromatic N) is 4. The Hall–Kier alpha value is -3.49. The van der Waals surface area contributed by atoms with E-state index >= 15 is 0 Å². The summed E-state index contributed by atoms with van der Waals surface area (Å²) in [5.41, 5.74) is 2.09. The van der Waals surface area contributed by atoms with Crippen molar-refractivity contribution in [1.29, 1.82) is 0 Å². The van der Waals surface area contributed by atoms with Gasteiger partial charge in [0.15, 0.2) is 11.5 Å². The number of carbonyl (C=O) groups is 2. The monoisotopic (exact) mass is 383 g/mol. The van der Waals surface area contributed by atoms with Crippen molar-refractivity contribution in [3.8, 4) is 11.1 Å². The molecule has 3 rings (SSSR count). The van der Waals surface area contributed by atoms with E-state index in [4.69, 9.17) is 9.26 Å². The summed E-state index contributed by atoms with van der Waals surface area (Å²) < 4.78 is 11.4. The third kappa shape index (κ3) is 4.08. The topological polar surface area (TPSA) is 112 Å². The van der Waals surface area contributed by atoms with Gasteiger partial charge in [-0.3, -0.25) is 9.48 Å². The highest BCUT2D eigenvalue weighted by Gasteiger charge is 2.19. The largest absolute Gasteiger partial charge is 0.464 e. The Morgan fingerprint density at radius 2 is 2.14 bits per heavy atom. The predicted octanol–water partition coefficient (Wildman–Crippen LogP) is 1.79. The average Bonchev–Trinajstić information content (AvgIpc) is 3.33. The molecule has 0 aliphatic rings. The van der Waals surface area contributed by atoms with Crippen LogP contribution in [-0.4, -0.2) is 45.5 Å². The Balaban J connectivity index is 1.71. The number of rotatable bonds is 7. The standard InChI is InChI=1S/C19H21N5O4/c1-4-15-22-16(28-23-15)8-9-20-18(25)13-7-5-6-12(10-13)14-11-21-24(2)17(14)19(26)27-3/h5-7,10-11H,4,8-9H2,1-3H3,(H,20,25). The fourth-order valence-corrected chi connectivity index (χ4v) is 2.74. The zero-order chi connectivity index (χ0) is 20.1. The second kappa shape index (κ2) is 8.47. The molecule has 0 aliphatic heterocycles. The summed E-state index contributed by atoms with van der Waals surface area (Å²) >= 11 is 0. The molecule has 9 nitrogen and oxygen atoms in total. The van der Waals surface area contributed by atoms with Crippen molar-refractivity contribution in [2.75, 3.05) is 13.7 Å². The van der Waals surface area contributed by atoms with Crippen LogP contribution >= 0.6 is 0 Å². The van der Waals surface area contributed by atoms with E-state index < -0.39 is 5.97 Å². The van der Waals surface area contributed by atoms with Crippen LogP contribution in [0.25, 0.3) is 11.1 Å². The molecule has 0 bridgehead atoms. The molecule has 0 radical (unpaired) electrons. The van der Waals surface area contributed by atoms with Crippen molar-refractivity contribution in [1.82, 2.24) is 25.2 Å². The van der Waals surface area contributed by atoms with Crippen LogP contribution in [-0.2, 0) is 24.6 Å². The molecule has 1 N–H and O–H groups in total. The first kappa shape index (κ1) is 19.3. The van der Waals surface area contributed by atoms with E-state index in [0.29, 0.717) is 53.5 Å². The molecule has 0 saturated carbocycles. The maximum absolute atomic E-state index is 12.5. The van der Waals surface area contributed by atoms with E-state index in [-0.39, 0.29) is 5.91 Å². The molecule has 3 aromatic rings. The Labute approximate surface area is 161 Å². The molecule has 0 saturated heterocycles. The van der Waals surface area contributed by atoms with Crippen LogP contribution in [0.5, 0.6) is 0 Å². The number of methoxy groups -OCH3 is 1. The molecule has 1 aromatic carbocycles. The van der Waals surface area contributed by atoms with E-state index in [0.717, 1.165) is 0 Å². The molecule has 9 heteroatoms. The summed E-state index contributed by atoms with van der Waals surface area (Å²) in [5, 5.41) is 10.8. The number of aromatic nitrogens is 4. The number of carbonyl (C=O) groups excluding carboxylic acids is 2. The van der Waals surface area contributed by atoms with E-state index in [9.17, 15) is 9.59 Å². The average molecular weight is 383 g/mol. The molecular weight excluding hydrogens is 362 g/mol. The number of benzene rings is 1. The summed E-state index contributed by atoms with van der Waals surface area (Å²) in [4.78, 5) is 28.7. The highest BCUT2D eigenvalue weighted by atomic mass is 16.5. The number of esters is 1. The van der Waals surface area contributed by atoms with Crippen molar-refractivity contribution in [2.45, 2.75) is 19.8 Å². The van der Waals surface area contributed by atoms with Gasteiger partial charge in [0.2, 0.25) is 5.89 Å². The van der Waals surface area contributed by atoms with Gasteiger partial charge in [0.05, 0.1) is 13.3 Å². The van der Waals surface area contributed by atoms with Gasteiger partial charge in [-0.2, -0.15) is 10.1 Å². The molecule has 0 atom stereocenters. The maximum Gasteiger partial charge on any atom is 0.356 e. The number of hydrogen-bond acceptors (Lipinski definition) is 7. The minimum absolute atomic E-state index is 0.236. The minimum Gasteiger partial charge on any atom is -0.464 e. The zero-order valence-electron chi connectivity index (χ0n) is 15.9. The van der Waals surface area contributed by atoms with Crippen molar-refractivity contribution < 1.29 is 18.8 Å². The van der Waals surface area contributed by atoms with E-state index in [1.165, 1.54) is 11.8 Å². The van der Waals surface area contributed by atoms with Gasteiger partial charge in [-0.15, -0.1) is 0 Å². The molecule has 28 heavy (non-hydrogen) atoms.